The number of hydrogen-bond donors (Lipinski definition) is 0. The predicted molar refractivity (Wildman–Crippen MR) is 115 cm³/mol. The van der Waals surface area contributed by atoms with Gasteiger partial charge in [-0.2, -0.15) is 0 Å². The van der Waals surface area contributed by atoms with Gasteiger partial charge in [-0.05, 0) is 74.3 Å². The van der Waals surface area contributed by atoms with Crippen LogP contribution in [0.4, 0.5) is 5.69 Å². The van der Waals surface area contributed by atoms with E-state index in [0.29, 0.717) is 12.5 Å². The molecule has 1 heterocycles. The summed E-state index contributed by atoms with van der Waals surface area (Å²) >= 11 is 0. The van der Waals surface area contributed by atoms with Gasteiger partial charge < -0.3 is 14.4 Å². The second-order valence-corrected chi connectivity index (χ2v) is 8.37. The summed E-state index contributed by atoms with van der Waals surface area (Å²) in [6.45, 7) is 2.67. The van der Waals surface area contributed by atoms with Crippen molar-refractivity contribution in [3.63, 3.8) is 0 Å². The first-order chi connectivity index (χ1) is 14.2. The lowest BCUT2D eigenvalue weighted by atomic mass is 9.97. The van der Waals surface area contributed by atoms with Crippen molar-refractivity contribution in [1.82, 2.24) is 0 Å². The lowest BCUT2D eigenvalue weighted by molar-refractivity contribution is -0.112. The number of carbonyl (C=O) groups excluding carboxylic acids is 1. The van der Waals surface area contributed by atoms with Gasteiger partial charge in [0.2, 0.25) is 0 Å². The highest BCUT2D eigenvalue weighted by molar-refractivity contribution is 6.35. The number of amides is 1. The van der Waals surface area contributed by atoms with E-state index in [4.69, 9.17) is 9.47 Å². The van der Waals surface area contributed by atoms with Gasteiger partial charge in [0.15, 0.2) is 11.5 Å². The zero-order chi connectivity index (χ0) is 20.0. The molecule has 0 aromatic heterocycles. The monoisotopic (exact) mass is 389 g/mol. The van der Waals surface area contributed by atoms with E-state index >= 15 is 0 Å². The zero-order valence-corrected chi connectivity index (χ0v) is 17.1. The summed E-state index contributed by atoms with van der Waals surface area (Å²) in [5, 5.41) is 0. The molecule has 4 heteroatoms. The second kappa shape index (κ2) is 7.25. The number of ether oxygens (including phenoxy) is 2. The summed E-state index contributed by atoms with van der Waals surface area (Å²) in [7, 11) is 1.68. The summed E-state index contributed by atoms with van der Waals surface area (Å²) < 4.78 is 12.0. The molecule has 4 nitrogen and oxygen atoms in total. The van der Waals surface area contributed by atoms with E-state index in [0.717, 1.165) is 46.2 Å². The van der Waals surface area contributed by atoms with Gasteiger partial charge in [-0.3, -0.25) is 4.79 Å². The van der Waals surface area contributed by atoms with Crippen molar-refractivity contribution in [2.24, 2.45) is 11.8 Å². The molecule has 5 rings (SSSR count). The van der Waals surface area contributed by atoms with Crippen molar-refractivity contribution in [2.45, 2.75) is 38.7 Å². The Morgan fingerprint density at radius 2 is 1.97 bits per heavy atom. The van der Waals surface area contributed by atoms with Crippen LogP contribution >= 0.6 is 0 Å². The molecule has 2 saturated carbocycles. The fourth-order valence-electron chi connectivity index (χ4n) is 5.30. The molecule has 150 valence electrons. The molecule has 2 fully saturated rings. The Kier molecular flexibility index (Phi) is 4.57. The van der Waals surface area contributed by atoms with Gasteiger partial charge in [-0.25, -0.2) is 0 Å². The van der Waals surface area contributed by atoms with E-state index in [1.165, 1.54) is 19.3 Å². The zero-order valence-electron chi connectivity index (χ0n) is 17.1. The van der Waals surface area contributed by atoms with Crippen molar-refractivity contribution >= 4 is 23.2 Å². The minimum absolute atomic E-state index is 0.0556. The summed E-state index contributed by atoms with van der Waals surface area (Å²) in [4.78, 5) is 14.8. The molecule has 1 amide bonds. The number of benzene rings is 2. The first kappa shape index (κ1) is 18.3. The first-order valence-corrected chi connectivity index (χ1v) is 10.7. The number of hydrogen-bond acceptors (Lipinski definition) is 3. The van der Waals surface area contributed by atoms with E-state index in [1.807, 2.05) is 60.4 Å². The number of carbonyl (C=O) groups is 1. The number of anilines is 1. The van der Waals surface area contributed by atoms with E-state index in [-0.39, 0.29) is 12.0 Å². The van der Waals surface area contributed by atoms with Crippen LogP contribution in [0.15, 0.2) is 42.5 Å². The van der Waals surface area contributed by atoms with Crippen molar-refractivity contribution in [2.75, 3.05) is 18.6 Å². The molecular formula is C25H27NO3. The minimum Gasteiger partial charge on any atom is -0.493 e. The Morgan fingerprint density at radius 1 is 1.10 bits per heavy atom. The molecule has 29 heavy (non-hydrogen) atoms. The van der Waals surface area contributed by atoms with Gasteiger partial charge in [0.1, 0.15) is 6.10 Å². The maximum atomic E-state index is 13.0. The standard InChI is InChI=1S/C25H27NO3/c1-3-26-21-7-5-4-6-19(21)20(25(26)27)13-17-9-11-22(28-2)24(15-17)29-23-14-16-8-10-18(23)12-16/h4-7,9,11,13,15-16,18,23H,3,8,10,12,14H2,1-2H3/b20-13-/t16-,18+,23+/m1/s1. The van der Waals surface area contributed by atoms with Gasteiger partial charge in [0, 0.05) is 17.7 Å². The van der Waals surface area contributed by atoms with Crippen molar-refractivity contribution in [3.05, 3.63) is 53.6 Å². The van der Waals surface area contributed by atoms with Crippen molar-refractivity contribution < 1.29 is 14.3 Å². The maximum absolute atomic E-state index is 13.0. The molecular weight excluding hydrogens is 362 g/mol. The quantitative estimate of drug-likeness (QED) is 0.662. The van der Waals surface area contributed by atoms with E-state index in [2.05, 4.69) is 0 Å². The average Bonchev–Trinajstić information content (AvgIpc) is 3.42. The lowest BCUT2D eigenvalue weighted by Gasteiger charge is -2.24. The largest absolute Gasteiger partial charge is 0.493 e. The summed E-state index contributed by atoms with van der Waals surface area (Å²) in [6.07, 6.45) is 7.34. The van der Waals surface area contributed by atoms with Crippen LogP contribution in [-0.4, -0.2) is 25.7 Å². The van der Waals surface area contributed by atoms with Gasteiger partial charge in [-0.15, -0.1) is 0 Å². The second-order valence-electron chi connectivity index (χ2n) is 8.37. The molecule has 0 spiro atoms. The van der Waals surface area contributed by atoms with Crippen LogP contribution in [-0.2, 0) is 4.79 Å². The molecule has 2 aromatic rings. The van der Waals surface area contributed by atoms with Crippen molar-refractivity contribution in [3.8, 4) is 11.5 Å². The van der Waals surface area contributed by atoms with Gasteiger partial charge in [0.05, 0.1) is 12.8 Å². The highest BCUT2D eigenvalue weighted by atomic mass is 16.5. The van der Waals surface area contributed by atoms with Crippen LogP contribution in [0.5, 0.6) is 11.5 Å². The minimum atomic E-state index is 0.0556. The third kappa shape index (κ3) is 3.11. The number of nitrogens with zero attached hydrogens (tertiary/aromatic N) is 1. The molecule has 0 saturated heterocycles. The molecule has 2 aromatic carbocycles. The third-order valence-corrected chi connectivity index (χ3v) is 6.73. The van der Waals surface area contributed by atoms with E-state index in [1.54, 1.807) is 7.11 Å². The highest BCUT2D eigenvalue weighted by Gasteiger charge is 2.41. The summed E-state index contributed by atoms with van der Waals surface area (Å²) in [6, 6.07) is 13.9. The Morgan fingerprint density at radius 3 is 2.69 bits per heavy atom. The fraction of sp³-hybridized carbons (Fsp3) is 0.400. The summed E-state index contributed by atoms with van der Waals surface area (Å²) in [5.74, 6) is 3.09. The average molecular weight is 389 g/mol. The summed E-state index contributed by atoms with van der Waals surface area (Å²) in [5.41, 5.74) is 3.67. The molecule has 2 aliphatic carbocycles. The Bertz CT molecular complexity index is 980. The lowest BCUT2D eigenvalue weighted by Crippen LogP contribution is -2.25. The van der Waals surface area contributed by atoms with Crippen LogP contribution < -0.4 is 14.4 Å². The molecule has 2 bridgehead atoms. The SMILES string of the molecule is CCN1C(=O)/C(=C\c2ccc(OC)c(O[C@H]3C[C@@H]4CC[C@H]3C4)c2)c2ccccc21. The van der Waals surface area contributed by atoms with Crippen molar-refractivity contribution in [1.29, 1.82) is 0 Å². The molecule has 1 aliphatic heterocycles. The topological polar surface area (TPSA) is 38.8 Å². The predicted octanol–water partition coefficient (Wildman–Crippen LogP) is 5.17. The maximum Gasteiger partial charge on any atom is 0.258 e. The van der Waals surface area contributed by atoms with E-state index in [9.17, 15) is 4.79 Å². The molecule has 0 radical (unpaired) electrons. The molecule has 0 N–H and O–H groups in total. The number of fused-ring (bicyclic) bond motifs is 3. The molecule has 3 aliphatic rings. The Hall–Kier alpha value is -2.75. The van der Waals surface area contributed by atoms with Gasteiger partial charge in [0.25, 0.3) is 5.91 Å². The highest BCUT2D eigenvalue weighted by Crippen LogP contribution is 2.47. The van der Waals surface area contributed by atoms with Crippen LogP contribution in [0, 0.1) is 11.8 Å². The molecule has 0 unspecified atom stereocenters. The van der Waals surface area contributed by atoms with Gasteiger partial charge in [-0.1, -0.05) is 24.3 Å². The van der Waals surface area contributed by atoms with Crippen LogP contribution in [0.3, 0.4) is 0 Å². The van der Waals surface area contributed by atoms with Crippen LogP contribution in [0.2, 0.25) is 0 Å². The Labute approximate surface area is 172 Å². The fourth-order valence-corrected chi connectivity index (χ4v) is 5.30. The van der Waals surface area contributed by atoms with Gasteiger partial charge >= 0.3 is 0 Å². The normalized spacial score (nSPS) is 26.3. The smallest absolute Gasteiger partial charge is 0.258 e. The number of likely N-dealkylation sites (N-methyl/N-ethyl adjacent to an activating group) is 1. The third-order valence-electron chi connectivity index (χ3n) is 6.73. The molecule has 3 atom stereocenters. The number of methoxy groups -OCH3 is 1. The number of rotatable bonds is 5. The van der Waals surface area contributed by atoms with Crippen LogP contribution in [0.1, 0.15) is 43.7 Å². The van der Waals surface area contributed by atoms with Crippen LogP contribution in [0.25, 0.3) is 11.6 Å². The van der Waals surface area contributed by atoms with E-state index < -0.39 is 0 Å². The number of para-hydroxylation sites is 1. The first-order valence-electron chi connectivity index (χ1n) is 10.7. The Balaban J connectivity index is 1.48.